The van der Waals surface area contributed by atoms with Crippen molar-refractivity contribution in [1.82, 2.24) is 0 Å². The van der Waals surface area contributed by atoms with Crippen LogP contribution in [0.3, 0.4) is 0 Å². The monoisotopic (exact) mass is 460 g/mol. The normalized spacial score (nSPS) is 13.4. The highest BCUT2D eigenvalue weighted by Crippen LogP contribution is 2.31. The molecule has 4 rings (SSSR count). The molecule has 4 aromatic rings. The second-order valence-electron chi connectivity index (χ2n) is 8.69. The first kappa shape index (κ1) is 23.7. The summed E-state index contributed by atoms with van der Waals surface area (Å²) in [5.74, 6) is 0. The molecule has 0 amide bonds. The van der Waals surface area contributed by atoms with Crippen LogP contribution in [0.4, 0.5) is 0 Å². The first-order chi connectivity index (χ1) is 16.7. The van der Waals surface area contributed by atoms with Crippen molar-refractivity contribution < 1.29 is 4.74 Å². The molecule has 4 aromatic carbocycles. The highest BCUT2D eigenvalue weighted by atomic mass is 28.3. The van der Waals surface area contributed by atoms with Crippen molar-refractivity contribution in [2.45, 2.75) is 24.8 Å². The van der Waals surface area contributed by atoms with E-state index in [2.05, 4.69) is 141 Å². The van der Waals surface area contributed by atoms with Gasteiger partial charge in [0.15, 0.2) is 8.07 Å². The van der Waals surface area contributed by atoms with Crippen molar-refractivity contribution in [3.8, 4) is 0 Å². The van der Waals surface area contributed by atoms with Crippen molar-refractivity contribution in [1.29, 1.82) is 0 Å². The zero-order chi connectivity index (χ0) is 23.6. The minimum atomic E-state index is -2.36. The predicted octanol–water partition coefficient (Wildman–Crippen LogP) is 6.83. The standard InChI is InChI=1S/C32H32OSi/c1-3-16-29(26-25-27-17-8-4-9-18-27)33-32(28-19-10-5-11-20-28)34(2,30-21-12-6-13-22-30)31-23-14-7-15-24-31/h3-15,17-26,29,32H,1,16H2,2H3/b26-25+/t29-,32-/m0/s1. The first-order valence-corrected chi connectivity index (χ1v) is 14.4. The molecule has 0 aromatic heterocycles. The van der Waals surface area contributed by atoms with E-state index in [1.165, 1.54) is 21.5 Å². The lowest BCUT2D eigenvalue weighted by molar-refractivity contribution is 0.0575. The van der Waals surface area contributed by atoms with Crippen LogP contribution in [0.1, 0.15) is 23.3 Å². The molecule has 0 aliphatic rings. The number of rotatable bonds is 10. The van der Waals surface area contributed by atoms with Crippen LogP contribution >= 0.6 is 0 Å². The van der Waals surface area contributed by atoms with E-state index in [4.69, 9.17) is 4.74 Å². The minimum absolute atomic E-state index is 0.0659. The van der Waals surface area contributed by atoms with Crippen molar-refractivity contribution >= 4 is 24.5 Å². The second kappa shape index (κ2) is 11.6. The molecule has 0 fully saturated rings. The van der Waals surface area contributed by atoms with Gasteiger partial charge in [0, 0.05) is 0 Å². The lowest BCUT2D eigenvalue weighted by Gasteiger charge is -2.38. The maximum absolute atomic E-state index is 7.08. The summed E-state index contributed by atoms with van der Waals surface area (Å²) in [5, 5.41) is 2.72. The summed E-state index contributed by atoms with van der Waals surface area (Å²) < 4.78 is 7.08. The van der Waals surface area contributed by atoms with E-state index in [9.17, 15) is 0 Å². The van der Waals surface area contributed by atoms with E-state index in [0.29, 0.717) is 0 Å². The largest absolute Gasteiger partial charge is 0.369 e. The molecule has 0 radical (unpaired) electrons. The van der Waals surface area contributed by atoms with Gasteiger partial charge in [-0.2, -0.15) is 0 Å². The number of ether oxygens (including phenoxy) is 1. The van der Waals surface area contributed by atoms with Gasteiger partial charge >= 0.3 is 0 Å². The van der Waals surface area contributed by atoms with Gasteiger partial charge in [0.2, 0.25) is 0 Å². The highest BCUT2D eigenvalue weighted by molar-refractivity contribution is 7.02. The van der Waals surface area contributed by atoms with Gasteiger partial charge in [-0.1, -0.05) is 156 Å². The number of benzene rings is 4. The number of hydrogen-bond acceptors (Lipinski definition) is 1. The summed E-state index contributed by atoms with van der Waals surface area (Å²) in [6, 6.07) is 42.9. The van der Waals surface area contributed by atoms with Crippen LogP contribution in [-0.2, 0) is 4.74 Å². The van der Waals surface area contributed by atoms with Crippen LogP contribution in [0.25, 0.3) is 6.08 Å². The molecule has 0 aliphatic carbocycles. The van der Waals surface area contributed by atoms with Crippen molar-refractivity contribution in [3.63, 3.8) is 0 Å². The van der Waals surface area contributed by atoms with Gasteiger partial charge in [0.05, 0.1) is 11.8 Å². The molecule has 1 nitrogen and oxygen atoms in total. The Kier molecular flexibility index (Phi) is 8.08. The Morgan fingerprint density at radius 1 is 0.706 bits per heavy atom. The smallest absolute Gasteiger partial charge is 0.151 e. The summed E-state index contributed by atoms with van der Waals surface area (Å²) in [5.41, 5.74) is 2.32. The Bertz CT molecular complexity index is 1130. The van der Waals surface area contributed by atoms with Crippen molar-refractivity contribution in [3.05, 3.63) is 151 Å². The van der Waals surface area contributed by atoms with Gasteiger partial charge in [0.25, 0.3) is 0 Å². The van der Waals surface area contributed by atoms with E-state index in [0.717, 1.165) is 6.42 Å². The quantitative estimate of drug-likeness (QED) is 0.186. The van der Waals surface area contributed by atoms with Crippen molar-refractivity contribution in [2.24, 2.45) is 0 Å². The molecular formula is C32H32OSi. The van der Waals surface area contributed by atoms with E-state index in [-0.39, 0.29) is 11.8 Å². The van der Waals surface area contributed by atoms with Gasteiger partial charge in [-0.05, 0) is 17.5 Å². The van der Waals surface area contributed by atoms with Crippen LogP contribution in [0, 0.1) is 0 Å². The van der Waals surface area contributed by atoms with Gasteiger partial charge in [-0.15, -0.1) is 6.58 Å². The Labute approximate surface area is 205 Å². The summed E-state index contributed by atoms with van der Waals surface area (Å²) >= 11 is 0. The zero-order valence-corrected chi connectivity index (χ0v) is 20.8. The van der Waals surface area contributed by atoms with Gasteiger partial charge in [-0.25, -0.2) is 0 Å². The maximum atomic E-state index is 7.08. The first-order valence-electron chi connectivity index (χ1n) is 11.9. The average molecular weight is 461 g/mol. The minimum Gasteiger partial charge on any atom is -0.369 e. The van der Waals surface area contributed by atoms with Crippen molar-refractivity contribution in [2.75, 3.05) is 0 Å². The second-order valence-corrected chi connectivity index (χ2v) is 12.8. The van der Waals surface area contributed by atoms with E-state index in [1.807, 2.05) is 12.1 Å². The maximum Gasteiger partial charge on any atom is 0.151 e. The molecule has 2 atom stereocenters. The lowest BCUT2D eigenvalue weighted by atomic mass is 10.1. The molecule has 0 aliphatic heterocycles. The topological polar surface area (TPSA) is 9.23 Å². The fraction of sp³-hybridized carbons (Fsp3) is 0.125. The Balaban J connectivity index is 1.80. The Morgan fingerprint density at radius 3 is 1.68 bits per heavy atom. The zero-order valence-electron chi connectivity index (χ0n) is 19.8. The summed E-state index contributed by atoms with van der Waals surface area (Å²) in [4.78, 5) is 0. The van der Waals surface area contributed by atoms with Gasteiger partial charge in [-0.3, -0.25) is 0 Å². The Hall–Kier alpha value is -3.46. The SMILES string of the molecule is C=CC[C@@H](/C=C/c1ccccc1)O[C@H](c1ccccc1)[Si](C)(c1ccccc1)c1ccccc1. The fourth-order valence-corrected chi connectivity index (χ4v) is 8.53. The van der Waals surface area contributed by atoms with E-state index < -0.39 is 8.07 Å². The van der Waals surface area contributed by atoms with Crippen LogP contribution < -0.4 is 10.4 Å². The van der Waals surface area contributed by atoms with E-state index in [1.54, 1.807) is 0 Å². The van der Waals surface area contributed by atoms with Crippen LogP contribution in [0.15, 0.2) is 140 Å². The van der Waals surface area contributed by atoms with Gasteiger partial charge in [0.1, 0.15) is 0 Å². The molecule has 0 saturated carbocycles. The molecule has 0 bridgehead atoms. The average Bonchev–Trinajstić information content (AvgIpc) is 2.92. The summed E-state index contributed by atoms with van der Waals surface area (Å²) in [6.45, 7) is 6.44. The molecule has 2 heteroatoms. The summed E-state index contributed by atoms with van der Waals surface area (Å²) in [7, 11) is -2.36. The van der Waals surface area contributed by atoms with E-state index >= 15 is 0 Å². The highest BCUT2D eigenvalue weighted by Gasteiger charge is 2.43. The molecule has 170 valence electrons. The third-order valence-electron chi connectivity index (χ3n) is 6.39. The molecule has 0 N–H and O–H groups in total. The fourth-order valence-electron chi connectivity index (χ4n) is 4.52. The predicted molar refractivity (Wildman–Crippen MR) is 148 cm³/mol. The molecule has 0 unspecified atom stereocenters. The van der Waals surface area contributed by atoms with Crippen LogP contribution in [-0.4, -0.2) is 14.2 Å². The number of hydrogen-bond donors (Lipinski definition) is 0. The third kappa shape index (κ3) is 5.53. The Morgan fingerprint density at radius 2 is 1.18 bits per heavy atom. The molecule has 0 heterocycles. The molecular weight excluding hydrogens is 428 g/mol. The molecule has 34 heavy (non-hydrogen) atoms. The third-order valence-corrected chi connectivity index (χ3v) is 11.0. The molecule has 0 saturated heterocycles. The van der Waals surface area contributed by atoms with Gasteiger partial charge < -0.3 is 4.74 Å². The van der Waals surface area contributed by atoms with Crippen LogP contribution in [0.5, 0.6) is 0 Å². The van der Waals surface area contributed by atoms with Crippen LogP contribution in [0.2, 0.25) is 6.55 Å². The molecule has 0 spiro atoms. The lowest BCUT2D eigenvalue weighted by Crippen LogP contribution is -2.61. The summed E-state index contributed by atoms with van der Waals surface area (Å²) in [6.07, 6.45) is 6.95.